The van der Waals surface area contributed by atoms with Gasteiger partial charge in [0.2, 0.25) is 5.91 Å². The summed E-state index contributed by atoms with van der Waals surface area (Å²) in [6, 6.07) is 7.45. The van der Waals surface area contributed by atoms with Crippen molar-refractivity contribution >= 4 is 15.7 Å². The summed E-state index contributed by atoms with van der Waals surface area (Å²) in [6.45, 7) is 2.21. The average Bonchev–Trinajstić information content (AvgIpc) is 2.84. The topological polar surface area (TPSA) is 75.7 Å². The molecule has 1 saturated heterocycles. The van der Waals surface area contributed by atoms with Gasteiger partial charge in [0, 0.05) is 17.6 Å². The second-order valence-electron chi connectivity index (χ2n) is 6.00. The van der Waals surface area contributed by atoms with Crippen LogP contribution in [-0.2, 0) is 14.6 Å². The highest BCUT2D eigenvalue weighted by molar-refractivity contribution is 7.91. The predicted molar refractivity (Wildman–Crippen MR) is 89.2 cm³/mol. The van der Waals surface area contributed by atoms with E-state index in [1.807, 2.05) is 43.1 Å². The molecule has 128 valence electrons. The fourth-order valence-corrected chi connectivity index (χ4v) is 4.47. The first kappa shape index (κ1) is 17.7. The number of hydrogen-bond donors (Lipinski definition) is 1. The summed E-state index contributed by atoms with van der Waals surface area (Å²) < 4.78 is 28.2. The standard InChI is InChI=1S/C16H24N2O4S/c1-12(14-6-4-5-7-15(14)22-3)18(2)10-16(19)17-13-8-9-23(20,21)11-13/h4-7,12-13H,8-11H2,1-3H3,(H,17,19)/t12-,13+/m1/s1. The van der Waals surface area contributed by atoms with Gasteiger partial charge in [-0.3, -0.25) is 9.69 Å². The van der Waals surface area contributed by atoms with Crippen LogP contribution in [0.1, 0.15) is 24.9 Å². The Hall–Kier alpha value is -1.60. The fraction of sp³-hybridized carbons (Fsp3) is 0.562. The van der Waals surface area contributed by atoms with Gasteiger partial charge in [0.05, 0.1) is 25.2 Å². The third-order valence-corrected chi connectivity index (χ3v) is 6.01. The minimum absolute atomic E-state index is 0.00390. The van der Waals surface area contributed by atoms with Crippen LogP contribution in [0.2, 0.25) is 0 Å². The van der Waals surface area contributed by atoms with Gasteiger partial charge >= 0.3 is 0 Å². The molecule has 1 heterocycles. The molecule has 1 N–H and O–H groups in total. The molecule has 0 aliphatic carbocycles. The number of carbonyl (C=O) groups is 1. The van der Waals surface area contributed by atoms with Gasteiger partial charge in [0.1, 0.15) is 5.75 Å². The van der Waals surface area contributed by atoms with E-state index in [-0.39, 0.29) is 36.0 Å². The van der Waals surface area contributed by atoms with Gasteiger partial charge < -0.3 is 10.1 Å². The quantitative estimate of drug-likeness (QED) is 0.836. The monoisotopic (exact) mass is 340 g/mol. The maximum Gasteiger partial charge on any atom is 0.234 e. The molecule has 0 bridgehead atoms. The van der Waals surface area contributed by atoms with Crippen LogP contribution in [0.15, 0.2) is 24.3 Å². The van der Waals surface area contributed by atoms with Crippen LogP contribution in [0.25, 0.3) is 0 Å². The Bertz CT molecular complexity index is 660. The number of hydrogen-bond acceptors (Lipinski definition) is 5. The second-order valence-corrected chi connectivity index (χ2v) is 8.23. The van der Waals surface area contributed by atoms with E-state index in [4.69, 9.17) is 4.74 Å². The molecule has 0 unspecified atom stereocenters. The maximum absolute atomic E-state index is 12.1. The Morgan fingerprint density at radius 1 is 1.43 bits per heavy atom. The molecule has 1 aliphatic rings. The average molecular weight is 340 g/mol. The third kappa shape index (κ3) is 4.68. The number of methoxy groups -OCH3 is 1. The van der Waals surface area contributed by atoms with E-state index in [2.05, 4.69) is 5.32 Å². The number of nitrogens with zero attached hydrogens (tertiary/aromatic N) is 1. The zero-order chi connectivity index (χ0) is 17.0. The van der Waals surface area contributed by atoms with Crippen molar-refractivity contribution in [3.05, 3.63) is 29.8 Å². The molecule has 1 fully saturated rings. The Morgan fingerprint density at radius 2 is 2.13 bits per heavy atom. The summed E-state index contributed by atoms with van der Waals surface area (Å²) in [7, 11) is 0.504. The molecule has 6 nitrogen and oxygen atoms in total. The van der Waals surface area contributed by atoms with E-state index >= 15 is 0 Å². The zero-order valence-corrected chi connectivity index (χ0v) is 14.6. The lowest BCUT2D eigenvalue weighted by atomic mass is 10.1. The Morgan fingerprint density at radius 3 is 2.74 bits per heavy atom. The van der Waals surface area contributed by atoms with Crippen molar-refractivity contribution in [1.82, 2.24) is 10.2 Å². The predicted octanol–water partition coefficient (Wildman–Crippen LogP) is 0.991. The van der Waals surface area contributed by atoms with Crippen LogP contribution in [0.3, 0.4) is 0 Å². The molecule has 0 saturated carbocycles. The highest BCUT2D eigenvalue weighted by Gasteiger charge is 2.29. The summed E-state index contributed by atoms with van der Waals surface area (Å²) in [5.74, 6) is 0.834. The number of amides is 1. The number of carbonyl (C=O) groups excluding carboxylic acids is 1. The zero-order valence-electron chi connectivity index (χ0n) is 13.8. The minimum atomic E-state index is -2.98. The summed E-state index contributed by atoms with van der Waals surface area (Å²) in [5, 5.41) is 2.81. The smallest absolute Gasteiger partial charge is 0.234 e. The molecule has 1 amide bonds. The van der Waals surface area contributed by atoms with Crippen LogP contribution in [0.4, 0.5) is 0 Å². The lowest BCUT2D eigenvalue weighted by Crippen LogP contribution is -2.42. The van der Waals surface area contributed by atoms with E-state index in [0.29, 0.717) is 6.42 Å². The molecule has 2 atom stereocenters. The van der Waals surface area contributed by atoms with Crippen molar-refractivity contribution in [2.45, 2.75) is 25.4 Å². The third-order valence-electron chi connectivity index (χ3n) is 4.24. The Balaban J connectivity index is 1.93. The van der Waals surface area contributed by atoms with Crippen molar-refractivity contribution in [1.29, 1.82) is 0 Å². The number of benzene rings is 1. The lowest BCUT2D eigenvalue weighted by molar-refractivity contribution is -0.122. The van der Waals surface area contributed by atoms with E-state index in [1.54, 1.807) is 7.11 Å². The number of para-hydroxylation sites is 1. The van der Waals surface area contributed by atoms with Crippen LogP contribution in [0, 0.1) is 0 Å². The molecule has 23 heavy (non-hydrogen) atoms. The first-order valence-corrected chi connectivity index (χ1v) is 9.47. The van der Waals surface area contributed by atoms with Crippen molar-refractivity contribution in [3.63, 3.8) is 0 Å². The molecule has 1 aliphatic heterocycles. The van der Waals surface area contributed by atoms with E-state index in [1.165, 1.54) is 0 Å². The first-order chi connectivity index (χ1) is 10.8. The van der Waals surface area contributed by atoms with Crippen molar-refractivity contribution in [2.75, 3.05) is 32.2 Å². The Kier molecular flexibility index (Phi) is 5.64. The summed E-state index contributed by atoms with van der Waals surface area (Å²) in [5.41, 5.74) is 1.01. The van der Waals surface area contributed by atoms with Crippen molar-refractivity contribution in [2.24, 2.45) is 0 Å². The van der Waals surface area contributed by atoms with Gasteiger partial charge in [-0.25, -0.2) is 8.42 Å². The van der Waals surface area contributed by atoms with Crippen LogP contribution in [0.5, 0.6) is 5.75 Å². The van der Waals surface area contributed by atoms with Gasteiger partial charge in [0.25, 0.3) is 0 Å². The molecular weight excluding hydrogens is 316 g/mol. The summed E-state index contributed by atoms with van der Waals surface area (Å²) >= 11 is 0. The van der Waals surface area contributed by atoms with Gasteiger partial charge in [0.15, 0.2) is 9.84 Å². The molecule has 2 rings (SSSR count). The van der Waals surface area contributed by atoms with E-state index < -0.39 is 9.84 Å². The number of nitrogens with one attached hydrogen (secondary N) is 1. The summed E-state index contributed by atoms with van der Waals surface area (Å²) in [4.78, 5) is 14.0. The minimum Gasteiger partial charge on any atom is -0.496 e. The largest absolute Gasteiger partial charge is 0.496 e. The normalized spacial score (nSPS) is 21.1. The van der Waals surface area contributed by atoms with E-state index in [9.17, 15) is 13.2 Å². The molecule has 1 aromatic carbocycles. The van der Waals surface area contributed by atoms with Crippen LogP contribution in [-0.4, -0.2) is 57.5 Å². The van der Waals surface area contributed by atoms with E-state index in [0.717, 1.165) is 11.3 Å². The van der Waals surface area contributed by atoms with Gasteiger partial charge in [-0.1, -0.05) is 18.2 Å². The molecule has 0 aromatic heterocycles. The highest BCUT2D eigenvalue weighted by atomic mass is 32.2. The van der Waals surface area contributed by atoms with Crippen LogP contribution < -0.4 is 10.1 Å². The fourth-order valence-electron chi connectivity index (χ4n) is 2.79. The Labute approximate surface area is 137 Å². The maximum atomic E-state index is 12.1. The number of ether oxygens (including phenoxy) is 1. The first-order valence-electron chi connectivity index (χ1n) is 7.65. The number of rotatable bonds is 6. The van der Waals surface area contributed by atoms with Crippen LogP contribution >= 0.6 is 0 Å². The number of likely N-dealkylation sites (N-methyl/N-ethyl adjacent to an activating group) is 1. The van der Waals surface area contributed by atoms with Gasteiger partial charge in [-0.15, -0.1) is 0 Å². The molecule has 0 spiro atoms. The molecule has 1 aromatic rings. The van der Waals surface area contributed by atoms with Crippen molar-refractivity contribution < 1.29 is 17.9 Å². The number of sulfone groups is 1. The molecular formula is C16H24N2O4S. The highest BCUT2D eigenvalue weighted by Crippen LogP contribution is 2.27. The van der Waals surface area contributed by atoms with Crippen molar-refractivity contribution in [3.8, 4) is 5.75 Å². The molecule has 0 radical (unpaired) electrons. The second kappa shape index (κ2) is 7.31. The van der Waals surface area contributed by atoms with Gasteiger partial charge in [-0.2, -0.15) is 0 Å². The lowest BCUT2D eigenvalue weighted by Gasteiger charge is -2.26. The molecule has 7 heteroatoms. The summed E-state index contributed by atoms with van der Waals surface area (Å²) in [6.07, 6.45) is 0.500. The van der Waals surface area contributed by atoms with Gasteiger partial charge in [-0.05, 0) is 26.5 Å². The SMILES string of the molecule is COc1ccccc1[C@@H](C)N(C)CC(=O)N[C@H]1CCS(=O)(=O)C1.